The normalized spacial score (nSPS) is 17.7. The summed E-state index contributed by atoms with van der Waals surface area (Å²) in [7, 11) is 0. The first-order valence-electron chi connectivity index (χ1n) is 10.6. The third-order valence-electron chi connectivity index (χ3n) is 5.39. The number of nitrogens with one attached hydrogen (secondary N) is 1. The van der Waals surface area contributed by atoms with Crippen molar-refractivity contribution in [1.82, 2.24) is 4.90 Å². The zero-order valence-electron chi connectivity index (χ0n) is 18.0. The van der Waals surface area contributed by atoms with Gasteiger partial charge in [-0.05, 0) is 30.7 Å². The summed E-state index contributed by atoms with van der Waals surface area (Å²) in [5.41, 5.74) is 2.20. The molecule has 0 atom stereocenters. The molecule has 3 amide bonds. The number of rotatable bonds is 7. The number of anilines is 2. The highest BCUT2D eigenvalue weighted by Gasteiger charge is 2.42. The summed E-state index contributed by atoms with van der Waals surface area (Å²) in [6.07, 6.45) is 2.91. The fourth-order valence-electron chi connectivity index (χ4n) is 3.83. The Kier molecular flexibility index (Phi) is 7.31. The molecule has 9 heteroatoms. The Bertz CT molecular complexity index is 1180. The maximum atomic E-state index is 13.5. The lowest BCUT2D eigenvalue weighted by atomic mass is 10.1. The summed E-state index contributed by atoms with van der Waals surface area (Å²) in [6, 6.07) is 14.5. The van der Waals surface area contributed by atoms with Crippen LogP contribution in [0.25, 0.3) is 5.57 Å². The third kappa shape index (κ3) is 4.90. The minimum Gasteiger partial charge on any atom is -0.324 e. The molecular formula is C24H22BrN3O3S2. The van der Waals surface area contributed by atoms with E-state index in [0.717, 1.165) is 35.5 Å². The Morgan fingerprint density at radius 1 is 1.06 bits per heavy atom. The monoisotopic (exact) mass is 543 g/mol. The van der Waals surface area contributed by atoms with E-state index >= 15 is 0 Å². The van der Waals surface area contributed by atoms with Crippen molar-refractivity contribution < 1.29 is 14.4 Å². The van der Waals surface area contributed by atoms with Crippen LogP contribution in [0.1, 0.15) is 31.7 Å². The molecule has 1 saturated heterocycles. The largest absolute Gasteiger partial charge is 0.324 e. The number of carbonyl (C=O) groups is 3. The molecule has 0 spiro atoms. The lowest BCUT2D eigenvalue weighted by molar-refractivity contribution is -0.122. The number of unbranched alkanes of at least 4 members (excludes halogenated alkanes) is 2. The number of halogens is 1. The van der Waals surface area contributed by atoms with Crippen LogP contribution in [-0.2, 0) is 14.4 Å². The second-order valence-electron chi connectivity index (χ2n) is 7.70. The molecular weight excluding hydrogens is 522 g/mol. The zero-order valence-corrected chi connectivity index (χ0v) is 21.2. The SMILES string of the molecule is CCCCCN1C(=O)C(=C2C(=O)N(CC(=O)Nc3cccc(Br)c3)c3ccccc32)SC1=S. The molecule has 0 saturated carbocycles. The highest BCUT2D eigenvalue weighted by molar-refractivity contribution is 9.10. The van der Waals surface area contributed by atoms with Gasteiger partial charge in [-0.2, -0.15) is 0 Å². The number of thiocarbonyl (C=S) groups is 1. The van der Waals surface area contributed by atoms with Gasteiger partial charge in [0, 0.05) is 22.3 Å². The van der Waals surface area contributed by atoms with Gasteiger partial charge in [-0.1, -0.05) is 83.9 Å². The van der Waals surface area contributed by atoms with Crippen molar-refractivity contribution in [2.75, 3.05) is 23.3 Å². The van der Waals surface area contributed by atoms with Gasteiger partial charge in [0.2, 0.25) is 5.91 Å². The van der Waals surface area contributed by atoms with Gasteiger partial charge in [-0.3, -0.25) is 24.2 Å². The van der Waals surface area contributed by atoms with E-state index in [1.165, 1.54) is 4.90 Å². The molecule has 2 heterocycles. The number of hydrogen-bond acceptors (Lipinski definition) is 5. The summed E-state index contributed by atoms with van der Waals surface area (Å²) < 4.78 is 1.31. The van der Waals surface area contributed by atoms with Crippen molar-refractivity contribution in [2.45, 2.75) is 26.2 Å². The first-order valence-corrected chi connectivity index (χ1v) is 12.7. The van der Waals surface area contributed by atoms with Crippen LogP contribution in [0.2, 0.25) is 0 Å². The minimum atomic E-state index is -0.366. The molecule has 1 N–H and O–H groups in total. The van der Waals surface area contributed by atoms with E-state index in [2.05, 4.69) is 28.2 Å². The first-order chi connectivity index (χ1) is 15.9. The van der Waals surface area contributed by atoms with Gasteiger partial charge in [-0.15, -0.1) is 0 Å². The molecule has 2 aromatic carbocycles. The van der Waals surface area contributed by atoms with Gasteiger partial charge in [0.05, 0.1) is 16.2 Å². The Balaban J connectivity index is 1.60. The van der Waals surface area contributed by atoms with E-state index in [0.29, 0.717) is 38.3 Å². The van der Waals surface area contributed by atoms with Crippen molar-refractivity contribution in [3.05, 3.63) is 63.5 Å². The number of hydrogen-bond donors (Lipinski definition) is 1. The highest BCUT2D eigenvalue weighted by atomic mass is 79.9. The zero-order chi connectivity index (χ0) is 23.5. The smallest absolute Gasteiger partial charge is 0.267 e. The number of para-hydroxylation sites is 1. The second-order valence-corrected chi connectivity index (χ2v) is 10.3. The summed E-state index contributed by atoms with van der Waals surface area (Å²) in [6.45, 7) is 2.48. The standard InChI is InChI=1S/C24H22BrN3O3S2/c1-2-3-6-12-27-23(31)21(33-24(27)32)20-17-10-4-5-11-18(17)28(22(20)30)14-19(29)26-16-9-7-8-15(25)13-16/h4-5,7-11,13H,2-3,6,12,14H2,1H3,(H,26,29). The molecule has 2 aliphatic rings. The molecule has 0 bridgehead atoms. The van der Waals surface area contributed by atoms with Crippen LogP contribution >= 0.6 is 39.9 Å². The van der Waals surface area contributed by atoms with Gasteiger partial charge in [0.25, 0.3) is 11.8 Å². The predicted octanol–water partition coefficient (Wildman–Crippen LogP) is 5.20. The van der Waals surface area contributed by atoms with Crippen LogP contribution in [0.4, 0.5) is 11.4 Å². The van der Waals surface area contributed by atoms with Gasteiger partial charge in [0.15, 0.2) is 0 Å². The maximum absolute atomic E-state index is 13.5. The van der Waals surface area contributed by atoms with Gasteiger partial charge < -0.3 is 5.32 Å². The van der Waals surface area contributed by atoms with Crippen molar-refractivity contribution in [1.29, 1.82) is 0 Å². The minimum absolute atomic E-state index is 0.164. The molecule has 4 rings (SSSR count). The van der Waals surface area contributed by atoms with E-state index < -0.39 is 0 Å². The molecule has 2 aliphatic heterocycles. The van der Waals surface area contributed by atoms with Crippen LogP contribution in [-0.4, -0.2) is 40.0 Å². The summed E-state index contributed by atoms with van der Waals surface area (Å²) >= 11 is 9.99. The summed E-state index contributed by atoms with van der Waals surface area (Å²) in [5.74, 6) is -0.932. The number of carbonyl (C=O) groups excluding carboxylic acids is 3. The fraction of sp³-hybridized carbons (Fsp3) is 0.250. The average molecular weight is 544 g/mol. The van der Waals surface area contributed by atoms with Crippen LogP contribution in [0, 0.1) is 0 Å². The predicted molar refractivity (Wildman–Crippen MR) is 140 cm³/mol. The molecule has 2 aromatic rings. The quantitative estimate of drug-likeness (QED) is 0.295. The topological polar surface area (TPSA) is 69.7 Å². The number of thioether (sulfide) groups is 1. The van der Waals surface area contributed by atoms with Crippen LogP contribution in [0.15, 0.2) is 57.9 Å². The fourth-order valence-corrected chi connectivity index (χ4v) is 5.61. The summed E-state index contributed by atoms with van der Waals surface area (Å²) in [5, 5.41) is 2.82. The number of nitrogens with zero attached hydrogens (tertiary/aromatic N) is 2. The molecule has 0 aromatic heterocycles. The highest BCUT2D eigenvalue weighted by Crippen LogP contribution is 2.44. The third-order valence-corrected chi connectivity index (χ3v) is 7.34. The van der Waals surface area contributed by atoms with Crippen LogP contribution < -0.4 is 10.2 Å². The first kappa shape index (κ1) is 23.7. The van der Waals surface area contributed by atoms with E-state index in [4.69, 9.17) is 12.2 Å². The molecule has 1 fully saturated rings. The molecule has 170 valence electrons. The Labute approximate surface area is 210 Å². The summed E-state index contributed by atoms with van der Waals surface area (Å²) in [4.78, 5) is 42.7. The van der Waals surface area contributed by atoms with E-state index in [1.54, 1.807) is 29.2 Å². The van der Waals surface area contributed by atoms with E-state index in [-0.39, 0.29) is 24.3 Å². The molecule has 0 radical (unpaired) electrons. The van der Waals surface area contributed by atoms with Crippen molar-refractivity contribution in [2.24, 2.45) is 0 Å². The Morgan fingerprint density at radius 3 is 2.61 bits per heavy atom. The lowest BCUT2D eigenvalue weighted by Crippen LogP contribution is -2.35. The van der Waals surface area contributed by atoms with Gasteiger partial charge in [0.1, 0.15) is 10.9 Å². The molecule has 6 nitrogen and oxygen atoms in total. The van der Waals surface area contributed by atoms with Crippen molar-refractivity contribution in [3.8, 4) is 0 Å². The molecule has 0 unspecified atom stereocenters. The maximum Gasteiger partial charge on any atom is 0.267 e. The Morgan fingerprint density at radius 2 is 1.85 bits per heavy atom. The van der Waals surface area contributed by atoms with E-state index in [1.807, 2.05) is 24.3 Å². The van der Waals surface area contributed by atoms with Crippen LogP contribution in [0.5, 0.6) is 0 Å². The number of fused-ring (bicyclic) bond motifs is 1. The van der Waals surface area contributed by atoms with Gasteiger partial charge >= 0.3 is 0 Å². The van der Waals surface area contributed by atoms with Crippen molar-refractivity contribution in [3.63, 3.8) is 0 Å². The lowest BCUT2D eigenvalue weighted by Gasteiger charge is -2.17. The number of benzene rings is 2. The molecule has 0 aliphatic carbocycles. The van der Waals surface area contributed by atoms with Gasteiger partial charge in [-0.25, -0.2) is 0 Å². The Hall–Kier alpha value is -2.49. The van der Waals surface area contributed by atoms with Crippen molar-refractivity contribution >= 4 is 78.9 Å². The number of amides is 3. The molecule has 33 heavy (non-hydrogen) atoms. The second kappa shape index (κ2) is 10.2. The van der Waals surface area contributed by atoms with E-state index in [9.17, 15) is 14.4 Å². The average Bonchev–Trinajstić information content (AvgIpc) is 3.21. The van der Waals surface area contributed by atoms with Crippen LogP contribution in [0.3, 0.4) is 0 Å².